The van der Waals surface area contributed by atoms with Crippen molar-refractivity contribution in [3.05, 3.63) is 95.1 Å². The smallest absolute Gasteiger partial charge is 0.254 e. The summed E-state index contributed by atoms with van der Waals surface area (Å²) in [6, 6.07) is 21.0. The Morgan fingerprint density at radius 2 is 1.66 bits per heavy atom. The van der Waals surface area contributed by atoms with Gasteiger partial charge in [0.05, 0.1) is 30.2 Å². The van der Waals surface area contributed by atoms with Gasteiger partial charge in [-0.3, -0.25) is 9.59 Å². The van der Waals surface area contributed by atoms with Crippen molar-refractivity contribution in [2.45, 2.75) is 29.1 Å². The average Bonchev–Trinajstić information content (AvgIpc) is 3.10. The second kappa shape index (κ2) is 8.62. The van der Waals surface area contributed by atoms with E-state index < -0.39 is 15.4 Å². The molecule has 180 valence electrons. The van der Waals surface area contributed by atoms with Crippen LogP contribution in [0.3, 0.4) is 0 Å². The molecule has 0 radical (unpaired) electrons. The molecular weight excluding hydrogens is 464 g/mol. The molecular formula is C27H26N2O5S. The van der Waals surface area contributed by atoms with Crippen LogP contribution in [0.2, 0.25) is 0 Å². The minimum atomic E-state index is -3.62. The van der Waals surface area contributed by atoms with E-state index in [4.69, 9.17) is 0 Å². The number of β-amino-alcohol motifs (C(OH)–C–C–N with tert-alkyl or cyclic N) is 1. The zero-order valence-corrected chi connectivity index (χ0v) is 20.2. The van der Waals surface area contributed by atoms with Gasteiger partial charge in [-0.25, -0.2) is 8.42 Å². The largest absolute Gasteiger partial charge is 0.386 e. The number of hydrogen-bond donors (Lipinski definition) is 1. The summed E-state index contributed by atoms with van der Waals surface area (Å²) in [7, 11) is -1.94. The molecule has 3 aromatic carbocycles. The summed E-state index contributed by atoms with van der Waals surface area (Å²) in [4.78, 5) is 28.0. The van der Waals surface area contributed by atoms with E-state index in [2.05, 4.69) is 0 Å². The van der Waals surface area contributed by atoms with Crippen molar-refractivity contribution in [1.29, 1.82) is 0 Å². The van der Waals surface area contributed by atoms with Gasteiger partial charge >= 0.3 is 0 Å². The Labute approximate surface area is 204 Å². The lowest BCUT2D eigenvalue weighted by molar-refractivity contribution is -0.117. The van der Waals surface area contributed by atoms with E-state index in [1.165, 1.54) is 11.0 Å². The molecule has 0 aromatic heterocycles. The van der Waals surface area contributed by atoms with E-state index in [0.29, 0.717) is 23.1 Å². The van der Waals surface area contributed by atoms with Gasteiger partial charge in [-0.1, -0.05) is 42.5 Å². The topological polar surface area (TPSA) is 95.0 Å². The number of aliphatic hydroxyl groups is 1. The Hall–Kier alpha value is -3.49. The third-order valence-corrected chi connectivity index (χ3v) is 8.36. The summed E-state index contributed by atoms with van der Waals surface area (Å²) in [6.45, 7) is 0.514. The van der Waals surface area contributed by atoms with Crippen molar-refractivity contribution in [1.82, 2.24) is 4.90 Å². The number of carbonyl (C=O) groups excluding carboxylic acids is 2. The Balaban J connectivity index is 1.22. The van der Waals surface area contributed by atoms with Gasteiger partial charge in [0, 0.05) is 24.7 Å². The van der Waals surface area contributed by atoms with Crippen LogP contribution in [0.1, 0.15) is 27.0 Å². The molecule has 2 aliphatic heterocycles. The van der Waals surface area contributed by atoms with E-state index in [1.807, 2.05) is 30.3 Å². The molecule has 8 heteroatoms. The monoisotopic (exact) mass is 490 g/mol. The lowest BCUT2D eigenvalue weighted by Crippen LogP contribution is -2.64. The van der Waals surface area contributed by atoms with Crippen molar-refractivity contribution in [3.8, 4) is 0 Å². The third-order valence-electron chi connectivity index (χ3n) is 6.68. The summed E-state index contributed by atoms with van der Waals surface area (Å²) in [6.07, 6.45) is 0.685. The molecule has 3 aromatic rings. The fraction of sp³-hybridized carbons (Fsp3) is 0.259. The first-order valence-corrected chi connectivity index (χ1v) is 13.1. The average molecular weight is 491 g/mol. The van der Waals surface area contributed by atoms with Gasteiger partial charge in [0.25, 0.3) is 5.91 Å². The molecule has 0 unspecified atom stereocenters. The van der Waals surface area contributed by atoms with Crippen molar-refractivity contribution in [2.75, 3.05) is 25.0 Å². The van der Waals surface area contributed by atoms with E-state index in [9.17, 15) is 23.1 Å². The lowest BCUT2D eigenvalue weighted by Gasteiger charge is -2.46. The summed E-state index contributed by atoms with van der Waals surface area (Å²) in [5.41, 5.74) is 2.56. The third kappa shape index (κ3) is 4.59. The zero-order chi connectivity index (χ0) is 24.8. The molecule has 1 fully saturated rings. The van der Waals surface area contributed by atoms with E-state index in [0.717, 1.165) is 11.3 Å². The number of amides is 2. The predicted octanol–water partition coefficient (Wildman–Crippen LogP) is 2.61. The van der Waals surface area contributed by atoms with Crippen LogP contribution in [-0.2, 0) is 33.2 Å². The molecule has 1 saturated heterocycles. The highest BCUT2D eigenvalue weighted by Crippen LogP contribution is 2.31. The van der Waals surface area contributed by atoms with Crippen LogP contribution in [0, 0.1) is 0 Å². The molecule has 0 spiro atoms. The summed E-state index contributed by atoms with van der Waals surface area (Å²) in [5, 5.41) is 10.7. The Kier molecular flexibility index (Phi) is 5.73. The Bertz CT molecular complexity index is 1400. The molecule has 0 atom stereocenters. The number of likely N-dealkylation sites (N-methyl/N-ethyl adjacent to an activating group) is 1. The number of anilines is 1. The number of benzene rings is 3. The maximum absolute atomic E-state index is 13.0. The highest BCUT2D eigenvalue weighted by atomic mass is 32.2. The number of carbonyl (C=O) groups is 2. The Morgan fingerprint density at radius 3 is 2.34 bits per heavy atom. The fourth-order valence-electron chi connectivity index (χ4n) is 4.76. The van der Waals surface area contributed by atoms with Crippen LogP contribution in [0.15, 0.2) is 77.7 Å². The first-order chi connectivity index (χ1) is 16.6. The first kappa shape index (κ1) is 23.3. The highest BCUT2D eigenvalue weighted by molar-refractivity contribution is 7.90. The zero-order valence-electron chi connectivity index (χ0n) is 19.3. The van der Waals surface area contributed by atoms with Gasteiger partial charge in [-0.15, -0.1) is 0 Å². The van der Waals surface area contributed by atoms with Crippen molar-refractivity contribution < 1.29 is 23.1 Å². The number of hydrogen-bond acceptors (Lipinski definition) is 5. The van der Waals surface area contributed by atoms with E-state index >= 15 is 0 Å². The predicted molar refractivity (Wildman–Crippen MR) is 132 cm³/mol. The van der Waals surface area contributed by atoms with Gasteiger partial charge < -0.3 is 14.9 Å². The van der Waals surface area contributed by atoms with Crippen molar-refractivity contribution in [2.24, 2.45) is 0 Å². The number of nitrogens with zero attached hydrogens (tertiary/aromatic N) is 2. The van der Waals surface area contributed by atoms with E-state index in [1.54, 1.807) is 48.3 Å². The molecule has 2 aliphatic rings. The van der Waals surface area contributed by atoms with Crippen LogP contribution in [0.25, 0.3) is 0 Å². The molecule has 5 rings (SSSR count). The molecule has 0 bridgehead atoms. The molecule has 0 aliphatic carbocycles. The standard InChI is InChI=1S/C27H26N2O5S/c1-28-24-12-11-23(13-22(24)14-25(28)30)35(33,34)16-20-7-9-21(10-8-20)26(31)29-17-27(32,18-29)15-19-5-3-2-4-6-19/h2-13,32H,14-18H2,1H3. The first-order valence-electron chi connectivity index (χ1n) is 11.4. The fourth-order valence-corrected chi connectivity index (χ4v) is 6.16. The maximum atomic E-state index is 13.0. The van der Waals surface area contributed by atoms with Gasteiger partial charge in [0.1, 0.15) is 5.60 Å². The quantitative estimate of drug-likeness (QED) is 0.573. The summed E-state index contributed by atoms with van der Waals surface area (Å²) < 4.78 is 25.9. The number of fused-ring (bicyclic) bond motifs is 1. The number of likely N-dealkylation sites (tertiary alicyclic amines) is 1. The van der Waals surface area contributed by atoms with Gasteiger partial charge in [0.2, 0.25) is 5.91 Å². The molecule has 1 N–H and O–H groups in total. The molecule has 2 heterocycles. The minimum absolute atomic E-state index is 0.0597. The Morgan fingerprint density at radius 1 is 0.971 bits per heavy atom. The highest BCUT2D eigenvalue weighted by Gasteiger charge is 2.43. The minimum Gasteiger partial charge on any atom is -0.386 e. The summed E-state index contributed by atoms with van der Waals surface area (Å²) >= 11 is 0. The normalized spacial score (nSPS) is 16.7. The van der Waals surface area contributed by atoms with Crippen molar-refractivity contribution >= 4 is 27.3 Å². The number of rotatable bonds is 6. The van der Waals surface area contributed by atoms with Crippen LogP contribution in [0.5, 0.6) is 0 Å². The van der Waals surface area contributed by atoms with E-state index in [-0.39, 0.29) is 42.0 Å². The second-order valence-corrected chi connectivity index (χ2v) is 11.4. The van der Waals surface area contributed by atoms with Gasteiger partial charge in [0.15, 0.2) is 9.84 Å². The van der Waals surface area contributed by atoms with Crippen LogP contribution in [-0.4, -0.2) is 56.0 Å². The molecule has 7 nitrogen and oxygen atoms in total. The second-order valence-electron chi connectivity index (χ2n) is 9.42. The molecule has 35 heavy (non-hydrogen) atoms. The maximum Gasteiger partial charge on any atom is 0.254 e. The lowest BCUT2D eigenvalue weighted by atomic mass is 9.86. The van der Waals surface area contributed by atoms with Crippen LogP contribution >= 0.6 is 0 Å². The van der Waals surface area contributed by atoms with Gasteiger partial charge in [-0.2, -0.15) is 0 Å². The van der Waals surface area contributed by atoms with Crippen LogP contribution in [0.4, 0.5) is 5.69 Å². The number of sulfone groups is 1. The summed E-state index contributed by atoms with van der Waals surface area (Å²) in [5.74, 6) is -0.454. The molecule has 0 saturated carbocycles. The van der Waals surface area contributed by atoms with Gasteiger partial charge in [-0.05, 0) is 47.0 Å². The molecule has 2 amide bonds. The SMILES string of the molecule is CN1C(=O)Cc2cc(S(=O)(=O)Cc3ccc(C(=O)N4CC(O)(Cc5ccccc5)C4)cc3)ccc21. The van der Waals surface area contributed by atoms with Crippen molar-refractivity contribution in [3.63, 3.8) is 0 Å². The van der Waals surface area contributed by atoms with Crippen LogP contribution < -0.4 is 4.90 Å².